The van der Waals surface area contributed by atoms with Crippen molar-refractivity contribution in [2.24, 2.45) is 0 Å². The van der Waals surface area contributed by atoms with Crippen molar-refractivity contribution in [3.63, 3.8) is 0 Å². The number of aliphatic hydroxyl groups is 1. The zero-order valence-electron chi connectivity index (χ0n) is 18.9. The van der Waals surface area contributed by atoms with E-state index in [0.29, 0.717) is 18.1 Å². The van der Waals surface area contributed by atoms with Crippen LogP contribution in [0.25, 0.3) is 16.5 Å². The van der Waals surface area contributed by atoms with Crippen LogP contribution in [0.1, 0.15) is 41.1 Å². The zero-order valence-corrected chi connectivity index (χ0v) is 19.7. The fraction of sp³-hybridized carbons (Fsp3) is 0.259. The van der Waals surface area contributed by atoms with Crippen LogP contribution in [-0.2, 0) is 0 Å². The van der Waals surface area contributed by atoms with Gasteiger partial charge in [0, 0.05) is 36.1 Å². The zero-order chi connectivity index (χ0) is 22.9. The van der Waals surface area contributed by atoms with E-state index in [0.717, 1.165) is 5.69 Å². The van der Waals surface area contributed by atoms with E-state index >= 15 is 0 Å². The highest BCUT2D eigenvalue weighted by Crippen LogP contribution is 2.41. The molecular weight excluding hydrogens is 428 g/mol. The molecule has 0 spiro atoms. The van der Waals surface area contributed by atoms with Gasteiger partial charge in [-0.15, -0.1) is 0 Å². The number of rotatable bonds is 6. The number of fused-ring (bicyclic) bond motifs is 1. The van der Waals surface area contributed by atoms with E-state index in [1.165, 1.54) is 33.4 Å². The SMILES string of the molecule is Cc1cc([C@H]2[C@@H](c3ccccn3)NC(=S)N2CCCO)c(C)n1-c1cccc2ccccc12. The Morgan fingerprint density at radius 1 is 1.03 bits per heavy atom. The molecule has 3 heterocycles. The summed E-state index contributed by atoms with van der Waals surface area (Å²) in [6.07, 6.45) is 2.49. The average Bonchev–Trinajstić information content (AvgIpc) is 3.32. The van der Waals surface area contributed by atoms with Crippen LogP contribution in [0.3, 0.4) is 0 Å². The first kappa shape index (κ1) is 21.6. The summed E-state index contributed by atoms with van der Waals surface area (Å²) >= 11 is 5.75. The molecule has 2 atom stereocenters. The van der Waals surface area contributed by atoms with Crippen LogP contribution in [-0.4, -0.2) is 37.8 Å². The third-order valence-electron chi connectivity index (χ3n) is 6.55. The van der Waals surface area contributed by atoms with Crippen LogP contribution in [0, 0.1) is 13.8 Å². The molecule has 5 nitrogen and oxygen atoms in total. The molecule has 2 N–H and O–H groups in total. The van der Waals surface area contributed by atoms with Gasteiger partial charge in [-0.2, -0.15) is 0 Å². The van der Waals surface area contributed by atoms with Gasteiger partial charge in [0.2, 0.25) is 0 Å². The molecule has 1 fully saturated rings. The van der Waals surface area contributed by atoms with E-state index in [1.54, 1.807) is 0 Å². The summed E-state index contributed by atoms with van der Waals surface area (Å²) < 4.78 is 2.35. The molecule has 0 radical (unpaired) electrons. The van der Waals surface area contributed by atoms with Crippen molar-refractivity contribution < 1.29 is 5.11 Å². The van der Waals surface area contributed by atoms with E-state index in [2.05, 4.69) is 82.1 Å². The lowest BCUT2D eigenvalue weighted by atomic mass is 9.96. The van der Waals surface area contributed by atoms with Gasteiger partial charge in [0.15, 0.2) is 5.11 Å². The van der Waals surface area contributed by atoms with Crippen molar-refractivity contribution in [1.82, 2.24) is 19.8 Å². The predicted molar refractivity (Wildman–Crippen MR) is 137 cm³/mol. The van der Waals surface area contributed by atoms with Crippen molar-refractivity contribution in [3.8, 4) is 5.69 Å². The Balaban J connectivity index is 1.66. The van der Waals surface area contributed by atoms with Crippen molar-refractivity contribution in [2.45, 2.75) is 32.4 Å². The van der Waals surface area contributed by atoms with E-state index in [4.69, 9.17) is 12.2 Å². The van der Waals surface area contributed by atoms with Gasteiger partial charge in [-0.25, -0.2) is 0 Å². The molecule has 1 aliphatic heterocycles. The van der Waals surface area contributed by atoms with Crippen molar-refractivity contribution >= 4 is 28.1 Å². The standard InChI is InChI=1S/C27H28N4OS/c1-18-17-22(19(2)31(18)24-13-7-10-20-9-3-4-11-21(20)24)26-25(23-12-5-6-14-28-23)29-27(33)30(26)15-8-16-32/h3-7,9-14,17,25-26,32H,8,15-16H2,1-2H3,(H,29,33)/t25-,26+/m1/s1. The highest BCUT2D eigenvalue weighted by atomic mass is 32.1. The molecule has 0 bridgehead atoms. The van der Waals surface area contributed by atoms with Crippen LogP contribution in [0.15, 0.2) is 72.9 Å². The number of thiocarbonyl (C=S) groups is 1. The Labute approximate surface area is 199 Å². The van der Waals surface area contributed by atoms with Gasteiger partial charge < -0.3 is 19.9 Å². The molecule has 0 saturated carbocycles. The lowest BCUT2D eigenvalue weighted by molar-refractivity contribution is 0.247. The van der Waals surface area contributed by atoms with Gasteiger partial charge in [0.1, 0.15) is 0 Å². The average molecular weight is 457 g/mol. The first-order chi connectivity index (χ1) is 16.1. The van der Waals surface area contributed by atoms with Gasteiger partial charge in [-0.05, 0) is 67.7 Å². The Morgan fingerprint density at radius 2 is 1.82 bits per heavy atom. The van der Waals surface area contributed by atoms with Crippen LogP contribution in [0.2, 0.25) is 0 Å². The molecule has 1 aliphatic rings. The summed E-state index contributed by atoms with van der Waals surface area (Å²) in [7, 11) is 0. The molecule has 6 heteroatoms. The molecule has 5 rings (SSSR count). The Morgan fingerprint density at radius 3 is 2.61 bits per heavy atom. The summed E-state index contributed by atoms with van der Waals surface area (Å²) in [5.41, 5.74) is 5.74. The number of nitrogens with one attached hydrogen (secondary N) is 1. The van der Waals surface area contributed by atoms with Crippen molar-refractivity contribution in [1.29, 1.82) is 0 Å². The van der Waals surface area contributed by atoms with Crippen molar-refractivity contribution in [2.75, 3.05) is 13.2 Å². The Kier molecular flexibility index (Phi) is 5.87. The number of aromatic nitrogens is 2. The summed E-state index contributed by atoms with van der Waals surface area (Å²) in [4.78, 5) is 6.85. The second-order valence-corrected chi connectivity index (χ2v) is 8.94. The largest absolute Gasteiger partial charge is 0.396 e. The quantitative estimate of drug-likeness (QED) is 0.400. The van der Waals surface area contributed by atoms with Gasteiger partial charge in [-0.1, -0.05) is 42.5 Å². The Hall–Kier alpha value is -3.22. The second-order valence-electron chi connectivity index (χ2n) is 8.56. The maximum atomic E-state index is 9.50. The van der Waals surface area contributed by atoms with E-state index in [-0.39, 0.29) is 18.7 Å². The van der Waals surface area contributed by atoms with E-state index in [9.17, 15) is 5.11 Å². The van der Waals surface area contributed by atoms with Gasteiger partial charge in [0.25, 0.3) is 0 Å². The molecule has 0 unspecified atom stereocenters. The number of nitrogens with zero attached hydrogens (tertiary/aromatic N) is 3. The number of benzene rings is 2. The van der Waals surface area contributed by atoms with Crippen LogP contribution in [0.4, 0.5) is 0 Å². The number of aliphatic hydroxyl groups excluding tert-OH is 1. The molecule has 1 saturated heterocycles. The molecule has 0 aliphatic carbocycles. The van der Waals surface area contributed by atoms with E-state index in [1.807, 2.05) is 24.4 Å². The number of pyridine rings is 1. The minimum Gasteiger partial charge on any atom is -0.396 e. The first-order valence-electron chi connectivity index (χ1n) is 11.4. The van der Waals surface area contributed by atoms with Gasteiger partial charge >= 0.3 is 0 Å². The molecular formula is C27H28N4OS. The molecule has 0 amide bonds. The highest BCUT2D eigenvalue weighted by Gasteiger charge is 2.41. The van der Waals surface area contributed by atoms with Crippen LogP contribution < -0.4 is 5.32 Å². The summed E-state index contributed by atoms with van der Waals surface area (Å²) in [6.45, 7) is 5.17. The number of aryl methyl sites for hydroxylation is 1. The van der Waals surface area contributed by atoms with E-state index < -0.39 is 0 Å². The topological polar surface area (TPSA) is 53.3 Å². The molecule has 168 valence electrons. The molecule has 2 aromatic carbocycles. The maximum Gasteiger partial charge on any atom is 0.170 e. The first-order valence-corrected chi connectivity index (χ1v) is 11.8. The minimum absolute atomic E-state index is 0.00567. The fourth-order valence-corrected chi connectivity index (χ4v) is 5.42. The normalized spacial score (nSPS) is 18.2. The monoisotopic (exact) mass is 456 g/mol. The van der Waals surface area contributed by atoms with Gasteiger partial charge in [0.05, 0.1) is 23.5 Å². The second kappa shape index (κ2) is 8.96. The molecule has 4 aromatic rings. The van der Waals surface area contributed by atoms with Crippen LogP contribution in [0.5, 0.6) is 0 Å². The maximum absolute atomic E-state index is 9.50. The van der Waals surface area contributed by atoms with Crippen molar-refractivity contribution in [3.05, 3.63) is 95.6 Å². The smallest absolute Gasteiger partial charge is 0.170 e. The molecule has 33 heavy (non-hydrogen) atoms. The minimum atomic E-state index is -0.0566. The summed E-state index contributed by atoms with van der Waals surface area (Å²) in [5, 5.41) is 16.2. The Bertz CT molecular complexity index is 1290. The fourth-order valence-electron chi connectivity index (χ4n) is 5.09. The molecule has 2 aromatic heterocycles. The number of hydrogen-bond acceptors (Lipinski definition) is 3. The summed E-state index contributed by atoms with van der Waals surface area (Å²) in [6, 6.07) is 23.2. The number of hydrogen-bond donors (Lipinski definition) is 2. The van der Waals surface area contributed by atoms with Crippen LogP contribution >= 0.6 is 12.2 Å². The lowest BCUT2D eigenvalue weighted by Gasteiger charge is -2.28. The lowest BCUT2D eigenvalue weighted by Crippen LogP contribution is -2.31. The third-order valence-corrected chi connectivity index (χ3v) is 6.90. The summed E-state index contributed by atoms with van der Waals surface area (Å²) in [5.74, 6) is 0. The van der Waals surface area contributed by atoms with Gasteiger partial charge in [-0.3, -0.25) is 4.98 Å². The predicted octanol–water partition coefficient (Wildman–Crippen LogP) is 5.00. The highest BCUT2D eigenvalue weighted by molar-refractivity contribution is 7.80. The third kappa shape index (κ3) is 3.79.